The molecule has 0 amide bonds. The van der Waals surface area contributed by atoms with Crippen molar-refractivity contribution in [1.82, 2.24) is 4.98 Å². The Hall–Kier alpha value is -1.78. The number of aliphatic hydroxyl groups is 4. The quantitative estimate of drug-likeness (QED) is 0.459. The minimum Gasteiger partial charge on any atom is -0.463 e. The van der Waals surface area contributed by atoms with Crippen LogP contribution in [0.2, 0.25) is 5.02 Å². The number of rotatable bonds is 5. The van der Waals surface area contributed by atoms with E-state index in [1.165, 1.54) is 11.3 Å². The first-order valence-electron chi connectivity index (χ1n) is 10.0. The molecule has 5 atom stereocenters. The number of nitrogens with zero attached hydrogens (tertiary/aromatic N) is 1. The summed E-state index contributed by atoms with van der Waals surface area (Å²) in [5, 5.41) is 43.0. The number of ether oxygens (including phenoxy) is 1. The number of halogens is 1. The first-order chi connectivity index (χ1) is 14.9. The predicted octanol–water partition coefficient (Wildman–Crippen LogP) is 2.69. The molecule has 31 heavy (non-hydrogen) atoms. The zero-order valence-electron chi connectivity index (χ0n) is 16.4. The average Bonchev–Trinajstić information content (AvgIpc) is 3.15. The van der Waals surface area contributed by atoms with E-state index in [4.69, 9.17) is 20.8 Å². The maximum atomic E-state index is 10.6. The average molecular weight is 464 g/mol. The van der Waals surface area contributed by atoms with Gasteiger partial charge in [-0.25, -0.2) is 4.98 Å². The van der Waals surface area contributed by atoms with Gasteiger partial charge in [0.2, 0.25) is 0 Å². The van der Waals surface area contributed by atoms with Gasteiger partial charge in [0, 0.05) is 17.6 Å². The van der Waals surface area contributed by atoms with Gasteiger partial charge < -0.3 is 29.6 Å². The molecule has 1 saturated heterocycles. The van der Waals surface area contributed by atoms with Crippen LogP contribution in [0.1, 0.15) is 35.1 Å². The standard InChI is InChI=1S/C22H22ClNO6S/c23-13-4-3-11(20-18(26)17(25)19(27)21(30-20)22(28)5-6-22)8-12(13)9-16-24-10-15(31-16)14-2-1-7-29-14/h1-4,7-8,10,17-21,25-28H,5-6,9H2/t17-,18-,19-,20-,21-/m1/s1. The zero-order valence-corrected chi connectivity index (χ0v) is 18.0. The Balaban J connectivity index is 1.40. The van der Waals surface area contributed by atoms with Crippen LogP contribution in [0.25, 0.3) is 10.6 Å². The maximum absolute atomic E-state index is 10.6. The van der Waals surface area contributed by atoms with Crippen LogP contribution in [0.15, 0.2) is 47.2 Å². The number of aromatic nitrogens is 1. The Labute approximate surface area is 187 Å². The molecule has 0 bridgehead atoms. The van der Waals surface area contributed by atoms with E-state index in [-0.39, 0.29) is 0 Å². The monoisotopic (exact) mass is 463 g/mol. The van der Waals surface area contributed by atoms with Crippen LogP contribution in [-0.4, -0.2) is 55.4 Å². The molecule has 164 valence electrons. The molecule has 1 aliphatic heterocycles. The normalized spacial score (nSPS) is 29.8. The SMILES string of the molecule is O[C@@H]1[C@@H](O)[C@@H](c2ccc(Cl)c(Cc3ncc(-c4ccco4)s3)c2)O[C@@H](C2(O)CC2)[C@@H]1O. The first kappa shape index (κ1) is 21.1. The third-order valence-electron chi connectivity index (χ3n) is 5.96. The van der Waals surface area contributed by atoms with Crippen molar-refractivity contribution in [2.45, 2.75) is 55.4 Å². The number of aliphatic hydroxyl groups excluding tert-OH is 3. The van der Waals surface area contributed by atoms with Gasteiger partial charge in [-0.2, -0.15) is 0 Å². The molecule has 3 aromatic rings. The van der Waals surface area contributed by atoms with E-state index in [1.54, 1.807) is 24.6 Å². The molecule has 0 unspecified atom stereocenters. The largest absolute Gasteiger partial charge is 0.463 e. The summed E-state index contributed by atoms with van der Waals surface area (Å²) < 4.78 is 11.3. The fraction of sp³-hybridized carbons (Fsp3) is 0.409. The molecule has 0 radical (unpaired) electrons. The highest BCUT2D eigenvalue weighted by atomic mass is 35.5. The highest BCUT2D eigenvalue weighted by Crippen LogP contribution is 2.47. The summed E-state index contributed by atoms with van der Waals surface area (Å²) in [6.45, 7) is 0. The molecule has 9 heteroatoms. The Morgan fingerprint density at radius 2 is 1.94 bits per heavy atom. The molecule has 1 saturated carbocycles. The van der Waals surface area contributed by atoms with Crippen LogP contribution >= 0.6 is 22.9 Å². The Morgan fingerprint density at radius 3 is 2.65 bits per heavy atom. The lowest BCUT2D eigenvalue weighted by atomic mass is 9.88. The topological polar surface area (TPSA) is 116 Å². The predicted molar refractivity (Wildman–Crippen MR) is 114 cm³/mol. The van der Waals surface area contributed by atoms with E-state index in [9.17, 15) is 20.4 Å². The lowest BCUT2D eigenvalue weighted by molar-refractivity contribution is -0.250. The van der Waals surface area contributed by atoms with Gasteiger partial charge in [-0.1, -0.05) is 23.7 Å². The first-order valence-corrected chi connectivity index (χ1v) is 11.2. The molecule has 1 aromatic carbocycles. The second-order valence-corrected chi connectivity index (χ2v) is 9.70. The van der Waals surface area contributed by atoms with Crippen molar-refractivity contribution in [3.05, 3.63) is 63.9 Å². The van der Waals surface area contributed by atoms with Crippen LogP contribution in [0.5, 0.6) is 0 Å². The second-order valence-electron chi connectivity index (χ2n) is 8.18. The molecule has 5 rings (SSSR count). The van der Waals surface area contributed by atoms with Crippen LogP contribution in [0.4, 0.5) is 0 Å². The van der Waals surface area contributed by atoms with Gasteiger partial charge in [0.05, 0.1) is 21.7 Å². The van der Waals surface area contributed by atoms with E-state index in [0.717, 1.165) is 21.2 Å². The zero-order chi connectivity index (χ0) is 21.8. The van der Waals surface area contributed by atoms with Crippen molar-refractivity contribution in [1.29, 1.82) is 0 Å². The molecule has 4 N–H and O–H groups in total. The molecule has 3 heterocycles. The van der Waals surface area contributed by atoms with Crippen molar-refractivity contribution in [2.24, 2.45) is 0 Å². The number of benzene rings is 1. The lowest BCUT2D eigenvalue weighted by Gasteiger charge is -2.43. The number of furan rings is 1. The third-order valence-corrected chi connectivity index (χ3v) is 7.34. The minimum absolute atomic E-state index is 0.472. The van der Waals surface area contributed by atoms with Gasteiger partial charge in [-0.05, 0) is 42.2 Å². The smallest absolute Gasteiger partial charge is 0.145 e. The maximum Gasteiger partial charge on any atom is 0.145 e. The summed E-state index contributed by atoms with van der Waals surface area (Å²) in [7, 11) is 0. The molecule has 2 aliphatic rings. The Morgan fingerprint density at radius 1 is 1.13 bits per heavy atom. The molecular formula is C22H22ClNO6S. The van der Waals surface area contributed by atoms with Crippen molar-refractivity contribution in [2.75, 3.05) is 0 Å². The highest BCUT2D eigenvalue weighted by molar-refractivity contribution is 7.15. The van der Waals surface area contributed by atoms with E-state index in [0.29, 0.717) is 29.8 Å². The van der Waals surface area contributed by atoms with Crippen molar-refractivity contribution in [3.8, 4) is 10.6 Å². The second kappa shape index (κ2) is 7.97. The van der Waals surface area contributed by atoms with Crippen molar-refractivity contribution < 1.29 is 29.6 Å². The number of hydrogen-bond acceptors (Lipinski definition) is 8. The molecule has 1 aliphatic carbocycles. The molecule has 2 fully saturated rings. The summed E-state index contributed by atoms with van der Waals surface area (Å²) in [5.41, 5.74) is 0.226. The summed E-state index contributed by atoms with van der Waals surface area (Å²) in [6.07, 6.45) is -1.19. The van der Waals surface area contributed by atoms with Crippen molar-refractivity contribution in [3.63, 3.8) is 0 Å². The Kier molecular flexibility index (Phi) is 5.42. The van der Waals surface area contributed by atoms with Crippen molar-refractivity contribution >= 4 is 22.9 Å². The number of thiazole rings is 1. The summed E-state index contributed by atoms with van der Waals surface area (Å²) in [4.78, 5) is 5.37. The summed E-state index contributed by atoms with van der Waals surface area (Å²) in [6, 6.07) is 8.93. The molecule has 0 spiro atoms. The van der Waals surface area contributed by atoms with E-state index in [1.807, 2.05) is 18.2 Å². The number of hydrogen-bond donors (Lipinski definition) is 4. The van der Waals surface area contributed by atoms with Gasteiger partial charge in [0.25, 0.3) is 0 Å². The molecule has 2 aromatic heterocycles. The highest BCUT2D eigenvalue weighted by Gasteiger charge is 2.58. The molecular weight excluding hydrogens is 442 g/mol. The van der Waals surface area contributed by atoms with Gasteiger partial charge in [0.1, 0.15) is 36.3 Å². The van der Waals surface area contributed by atoms with Gasteiger partial charge in [-0.3, -0.25) is 0 Å². The van der Waals surface area contributed by atoms with Gasteiger partial charge >= 0.3 is 0 Å². The van der Waals surface area contributed by atoms with Crippen LogP contribution in [0, 0.1) is 0 Å². The Bertz CT molecular complexity index is 1070. The van der Waals surface area contributed by atoms with Crippen LogP contribution in [0.3, 0.4) is 0 Å². The molecule has 7 nitrogen and oxygen atoms in total. The minimum atomic E-state index is -1.43. The van der Waals surface area contributed by atoms with Gasteiger partial charge in [-0.15, -0.1) is 11.3 Å². The van der Waals surface area contributed by atoms with Crippen LogP contribution in [-0.2, 0) is 11.2 Å². The fourth-order valence-corrected chi connectivity index (χ4v) is 5.10. The van der Waals surface area contributed by atoms with E-state index < -0.39 is 36.1 Å². The summed E-state index contributed by atoms with van der Waals surface area (Å²) in [5.74, 6) is 0.749. The third kappa shape index (κ3) is 3.93. The lowest BCUT2D eigenvalue weighted by Crippen LogP contribution is -2.58. The van der Waals surface area contributed by atoms with Crippen LogP contribution < -0.4 is 0 Å². The van der Waals surface area contributed by atoms with Gasteiger partial charge in [0.15, 0.2) is 0 Å². The fourth-order valence-electron chi connectivity index (χ4n) is 4.01. The van der Waals surface area contributed by atoms with E-state index >= 15 is 0 Å². The van der Waals surface area contributed by atoms with E-state index in [2.05, 4.69) is 4.98 Å². The summed E-state index contributed by atoms with van der Waals surface area (Å²) >= 11 is 7.92.